The van der Waals surface area contributed by atoms with Crippen molar-refractivity contribution in [1.82, 2.24) is 0 Å². The molecule has 0 aromatic carbocycles. The predicted octanol–water partition coefficient (Wildman–Crippen LogP) is 22.7. The van der Waals surface area contributed by atoms with Gasteiger partial charge in [-0.3, -0.25) is 14.4 Å². The van der Waals surface area contributed by atoms with Crippen LogP contribution in [0.2, 0.25) is 0 Å². The molecule has 0 N–H and O–H groups in total. The first kappa shape index (κ1) is 73.1. The van der Waals surface area contributed by atoms with E-state index in [1.54, 1.807) is 0 Å². The van der Waals surface area contributed by atoms with E-state index in [1.165, 1.54) is 218 Å². The monoisotopic (exact) mass is 1060 g/mol. The average molecular weight is 1060 g/mol. The second-order valence-corrected chi connectivity index (χ2v) is 22.4. The second-order valence-electron chi connectivity index (χ2n) is 22.4. The van der Waals surface area contributed by atoms with Gasteiger partial charge in [-0.1, -0.05) is 281 Å². The van der Waals surface area contributed by atoms with Crippen LogP contribution in [0.5, 0.6) is 0 Å². The van der Waals surface area contributed by atoms with Crippen LogP contribution < -0.4 is 0 Å². The smallest absolute Gasteiger partial charge is 0.306 e. The standard InChI is InChI=1S/C70H126O6/c1-4-7-10-13-16-19-22-25-28-30-32-33-34-35-36-37-39-40-42-45-48-51-54-57-60-63-69(72)75-66-67(65-74-68(71)62-59-56-53-50-47-44-27-24-21-18-15-12-9-6-3)76-70(73)64-61-58-55-52-49-46-43-41-38-31-29-26-23-20-17-14-11-8-5-2/h17,20,24,26-27,29-30,32,38,41,67H,4-16,18-19,21-23,25,28,31,33-37,39-40,42-66H2,1-3H3/b20-17-,27-24-,29-26-,32-30-,41-38-. The van der Waals surface area contributed by atoms with Crippen molar-refractivity contribution in [3.05, 3.63) is 60.8 Å². The number of carbonyl (C=O) groups is 3. The number of allylic oxidation sites excluding steroid dienone is 10. The highest BCUT2D eigenvalue weighted by molar-refractivity contribution is 5.71. The fourth-order valence-electron chi connectivity index (χ4n) is 9.68. The van der Waals surface area contributed by atoms with Crippen molar-refractivity contribution in [3.63, 3.8) is 0 Å². The van der Waals surface area contributed by atoms with Crippen LogP contribution in [0, 0.1) is 0 Å². The van der Waals surface area contributed by atoms with Crippen molar-refractivity contribution in [3.8, 4) is 0 Å². The largest absolute Gasteiger partial charge is 0.462 e. The second kappa shape index (κ2) is 64.6. The summed E-state index contributed by atoms with van der Waals surface area (Å²) in [5, 5.41) is 0. The van der Waals surface area contributed by atoms with Gasteiger partial charge in [0.15, 0.2) is 6.10 Å². The van der Waals surface area contributed by atoms with E-state index in [9.17, 15) is 14.4 Å². The highest BCUT2D eigenvalue weighted by atomic mass is 16.6. The number of carbonyl (C=O) groups excluding carboxylic acids is 3. The molecule has 0 saturated carbocycles. The zero-order chi connectivity index (χ0) is 55.0. The van der Waals surface area contributed by atoms with E-state index >= 15 is 0 Å². The molecule has 0 radical (unpaired) electrons. The Labute approximate surface area is 472 Å². The molecule has 0 aliphatic heterocycles. The maximum atomic E-state index is 12.9. The average Bonchev–Trinajstić information content (AvgIpc) is 3.42. The normalized spacial score (nSPS) is 12.4. The maximum absolute atomic E-state index is 12.9. The number of rotatable bonds is 61. The summed E-state index contributed by atoms with van der Waals surface area (Å²) in [4.78, 5) is 38.3. The molecule has 1 atom stereocenters. The van der Waals surface area contributed by atoms with Crippen LogP contribution >= 0.6 is 0 Å². The van der Waals surface area contributed by atoms with Gasteiger partial charge in [0.25, 0.3) is 0 Å². The molecule has 1 unspecified atom stereocenters. The Morgan fingerprint density at radius 3 is 0.776 bits per heavy atom. The summed E-state index contributed by atoms with van der Waals surface area (Å²) in [6.07, 6.45) is 82.3. The highest BCUT2D eigenvalue weighted by Gasteiger charge is 2.19. The topological polar surface area (TPSA) is 78.9 Å². The van der Waals surface area contributed by atoms with Gasteiger partial charge in [0.05, 0.1) is 0 Å². The molecular weight excluding hydrogens is 937 g/mol. The quantitative estimate of drug-likeness (QED) is 0.0261. The fourth-order valence-corrected chi connectivity index (χ4v) is 9.68. The van der Waals surface area contributed by atoms with Crippen molar-refractivity contribution in [1.29, 1.82) is 0 Å². The number of hydrogen-bond acceptors (Lipinski definition) is 6. The lowest BCUT2D eigenvalue weighted by Gasteiger charge is -2.18. The fraction of sp³-hybridized carbons (Fsp3) is 0.814. The van der Waals surface area contributed by atoms with Crippen LogP contribution in [-0.2, 0) is 28.6 Å². The van der Waals surface area contributed by atoms with Gasteiger partial charge in [-0.15, -0.1) is 0 Å². The van der Waals surface area contributed by atoms with Crippen molar-refractivity contribution < 1.29 is 28.6 Å². The molecule has 0 heterocycles. The third-order valence-electron chi connectivity index (χ3n) is 14.7. The molecule has 0 fully saturated rings. The number of hydrogen-bond donors (Lipinski definition) is 0. The number of unbranched alkanes of at least 4 members (excludes halogenated alkanes) is 40. The lowest BCUT2D eigenvalue weighted by atomic mass is 10.0. The lowest BCUT2D eigenvalue weighted by Crippen LogP contribution is -2.30. The molecular formula is C70H126O6. The molecule has 0 aromatic rings. The Balaban J connectivity index is 4.31. The van der Waals surface area contributed by atoms with Crippen molar-refractivity contribution in [2.24, 2.45) is 0 Å². The van der Waals surface area contributed by atoms with E-state index in [0.717, 1.165) is 89.9 Å². The molecule has 0 aromatic heterocycles. The van der Waals surface area contributed by atoms with Crippen LogP contribution in [0.25, 0.3) is 0 Å². The Morgan fingerprint density at radius 2 is 0.474 bits per heavy atom. The zero-order valence-corrected chi connectivity index (χ0v) is 50.8. The summed E-state index contributed by atoms with van der Waals surface area (Å²) in [5.41, 5.74) is 0. The summed E-state index contributed by atoms with van der Waals surface area (Å²) < 4.78 is 16.9. The number of ether oxygens (including phenoxy) is 3. The predicted molar refractivity (Wildman–Crippen MR) is 330 cm³/mol. The summed E-state index contributed by atoms with van der Waals surface area (Å²) in [6.45, 7) is 6.63. The lowest BCUT2D eigenvalue weighted by molar-refractivity contribution is -0.167. The third kappa shape index (κ3) is 62.0. The summed E-state index contributed by atoms with van der Waals surface area (Å²) in [5.74, 6) is -0.884. The van der Waals surface area contributed by atoms with Crippen LogP contribution in [0.4, 0.5) is 0 Å². The minimum Gasteiger partial charge on any atom is -0.462 e. The van der Waals surface area contributed by atoms with Crippen LogP contribution in [-0.4, -0.2) is 37.2 Å². The van der Waals surface area contributed by atoms with Gasteiger partial charge in [-0.05, 0) is 109 Å². The van der Waals surface area contributed by atoms with Crippen molar-refractivity contribution in [2.75, 3.05) is 13.2 Å². The molecule has 76 heavy (non-hydrogen) atoms. The van der Waals surface area contributed by atoms with E-state index in [1.807, 2.05) is 0 Å². The Bertz CT molecular complexity index is 1360. The van der Waals surface area contributed by atoms with Gasteiger partial charge in [0.1, 0.15) is 13.2 Å². The Hall–Kier alpha value is -2.89. The van der Waals surface area contributed by atoms with Gasteiger partial charge >= 0.3 is 17.9 Å². The molecule has 0 amide bonds. The minimum atomic E-state index is -0.785. The van der Waals surface area contributed by atoms with Gasteiger partial charge < -0.3 is 14.2 Å². The molecule has 6 nitrogen and oxygen atoms in total. The molecule has 0 saturated heterocycles. The first-order chi connectivity index (χ1) is 37.5. The summed E-state index contributed by atoms with van der Waals surface area (Å²) in [7, 11) is 0. The number of esters is 3. The molecule has 6 heteroatoms. The third-order valence-corrected chi connectivity index (χ3v) is 14.7. The first-order valence-corrected chi connectivity index (χ1v) is 33.3. The van der Waals surface area contributed by atoms with Crippen LogP contribution in [0.3, 0.4) is 0 Å². The molecule has 0 rings (SSSR count). The van der Waals surface area contributed by atoms with Crippen LogP contribution in [0.1, 0.15) is 348 Å². The Morgan fingerprint density at radius 1 is 0.263 bits per heavy atom. The summed E-state index contributed by atoms with van der Waals surface area (Å²) >= 11 is 0. The van der Waals surface area contributed by atoms with E-state index in [2.05, 4.69) is 81.5 Å². The van der Waals surface area contributed by atoms with E-state index < -0.39 is 6.10 Å². The van der Waals surface area contributed by atoms with Gasteiger partial charge in [-0.25, -0.2) is 0 Å². The van der Waals surface area contributed by atoms with Crippen LogP contribution in [0.15, 0.2) is 60.8 Å². The molecule has 0 bridgehead atoms. The maximum Gasteiger partial charge on any atom is 0.306 e. The van der Waals surface area contributed by atoms with Crippen molar-refractivity contribution in [2.45, 2.75) is 354 Å². The summed E-state index contributed by atoms with van der Waals surface area (Å²) in [6, 6.07) is 0. The van der Waals surface area contributed by atoms with E-state index in [0.29, 0.717) is 19.3 Å². The van der Waals surface area contributed by atoms with Crippen molar-refractivity contribution >= 4 is 17.9 Å². The van der Waals surface area contributed by atoms with Gasteiger partial charge in [0, 0.05) is 19.3 Å². The SMILES string of the molecule is CCCCC/C=C\C/C=C\C/C=C\CCCCCCCCC(=O)OC(COC(=O)CCCCCCC/C=C\CCCCCCC)COC(=O)CCCCCCCCCCCCCCC/C=C\CCCCCCCCCC. The molecule has 0 spiro atoms. The van der Waals surface area contributed by atoms with Gasteiger partial charge in [0.2, 0.25) is 0 Å². The molecule has 442 valence electrons. The highest BCUT2D eigenvalue weighted by Crippen LogP contribution is 2.17. The van der Waals surface area contributed by atoms with Gasteiger partial charge in [-0.2, -0.15) is 0 Å². The zero-order valence-electron chi connectivity index (χ0n) is 50.8. The Kier molecular flexibility index (Phi) is 62.2. The molecule has 0 aliphatic rings. The van der Waals surface area contributed by atoms with E-state index in [-0.39, 0.29) is 31.1 Å². The molecule has 0 aliphatic carbocycles. The minimum absolute atomic E-state index is 0.0801. The first-order valence-electron chi connectivity index (χ1n) is 33.3. The van der Waals surface area contributed by atoms with E-state index in [4.69, 9.17) is 14.2 Å².